The fraction of sp³-hybridized carbons (Fsp3) is 0.250. The summed E-state index contributed by atoms with van der Waals surface area (Å²) in [4.78, 5) is 1.19. The number of aryl methyl sites for hydroxylation is 1. The van der Waals surface area contributed by atoms with E-state index in [1.54, 1.807) is 24.8 Å². The van der Waals surface area contributed by atoms with E-state index in [2.05, 4.69) is 27.3 Å². The molecule has 0 aliphatic carbocycles. The van der Waals surface area contributed by atoms with Crippen molar-refractivity contribution in [2.45, 2.75) is 17.9 Å². The summed E-state index contributed by atoms with van der Waals surface area (Å²) >= 11 is 5.30. The fourth-order valence-corrected chi connectivity index (χ4v) is 3.62. The van der Waals surface area contributed by atoms with Gasteiger partial charge in [-0.3, -0.25) is 0 Å². The number of halogens is 2. The topological polar surface area (TPSA) is 12.0 Å². The molecule has 0 bridgehead atoms. The van der Waals surface area contributed by atoms with Gasteiger partial charge in [-0.05, 0) is 59.2 Å². The molecule has 0 radical (unpaired) electrons. The average molecular weight is 354 g/mol. The third kappa shape index (κ3) is 3.84. The summed E-state index contributed by atoms with van der Waals surface area (Å²) in [5.74, 6) is 0.704. The van der Waals surface area contributed by atoms with Crippen LogP contribution in [0.5, 0.6) is 0 Å². The van der Waals surface area contributed by atoms with Gasteiger partial charge in [0, 0.05) is 21.2 Å². The van der Waals surface area contributed by atoms with E-state index in [4.69, 9.17) is 0 Å². The number of rotatable bonds is 5. The third-order valence-electron chi connectivity index (χ3n) is 3.19. The smallest absolute Gasteiger partial charge is 0.126 e. The standard InChI is InChI=1S/C16H17BrFNS/c1-11-7-8-12(9-14(11)18)15(19-2)10-20-16-6-4-3-5-13(16)17/h3-9,15,19H,10H2,1-2H3. The zero-order chi connectivity index (χ0) is 14.5. The molecule has 0 fully saturated rings. The lowest BCUT2D eigenvalue weighted by molar-refractivity contribution is 0.603. The number of hydrogen-bond donors (Lipinski definition) is 1. The number of thioether (sulfide) groups is 1. The summed E-state index contributed by atoms with van der Waals surface area (Å²) in [6.07, 6.45) is 0. The molecule has 0 spiro atoms. The van der Waals surface area contributed by atoms with Crippen molar-refractivity contribution < 1.29 is 4.39 Å². The van der Waals surface area contributed by atoms with Crippen LogP contribution in [-0.2, 0) is 0 Å². The lowest BCUT2D eigenvalue weighted by Crippen LogP contribution is -2.19. The Kier molecular flexibility index (Phi) is 5.64. The summed E-state index contributed by atoms with van der Waals surface area (Å²) in [6.45, 7) is 1.78. The lowest BCUT2D eigenvalue weighted by Gasteiger charge is -2.17. The molecular formula is C16H17BrFNS. The van der Waals surface area contributed by atoms with Gasteiger partial charge in [0.2, 0.25) is 0 Å². The minimum absolute atomic E-state index is 0.127. The summed E-state index contributed by atoms with van der Waals surface area (Å²) in [7, 11) is 1.91. The van der Waals surface area contributed by atoms with Crippen LogP contribution in [0.1, 0.15) is 17.2 Å². The van der Waals surface area contributed by atoms with Crippen LogP contribution in [0.15, 0.2) is 51.8 Å². The van der Waals surface area contributed by atoms with Crippen LogP contribution in [0.25, 0.3) is 0 Å². The summed E-state index contributed by atoms with van der Waals surface area (Å²) in [6, 6.07) is 13.7. The minimum atomic E-state index is -0.145. The first-order valence-corrected chi connectivity index (χ1v) is 8.20. The average Bonchev–Trinajstić information content (AvgIpc) is 2.45. The maximum absolute atomic E-state index is 13.7. The molecule has 1 N–H and O–H groups in total. The molecule has 0 heterocycles. The molecule has 0 aliphatic heterocycles. The molecule has 1 unspecified atom stereocenters. The monoisotopic (exact) mass is 353 g/mol. The predicted octanol–water partition coefficient (Wildman–Crippen LogP) is 4.95. The highest BCUT2D eigenvalue weighted by molar-refractivity contribution is 9.10. The van der Waals surface area contributed by atoms with Gasteiger partial charge in [0.15, 0.2) is 0 Å². The second-order valence-corrected chi connectivity index (χ2v) is 6.51. The molecule has 0 aromatic heterocycles. The molecule has 0 amide bonds. The molecule has 20 heavy (non-hydrogen) atoms. The Balaban J connectivity index is 2.09. The van der Waals surface area contributed by atoms with Crippen LogP contribution in [0.4, 0.5) is 4.39 Å². The van der Waals surface area contributed by atoms with Crippen LogP contribution in [0.2, 0.25) is 0 Å². The zero-order valence-electron chi connectivity index (χ0n) is 11.5. The Bertz CT molecular complexity index is 588. The van der Waals surface area contributed by atoms with E-state index in [-0.39, 0.29) is 11.9 Å². The quantitative estimate of drug-likeness (QED) is 0.763. The lowest BCUT2D eigenvalue weighted by atomic mass is 10.1. The highest BCUT2D eigenvalue weighted by atomic mass is 79.9. The van der Waals surface area contributed by atoms with Gasteiger partial charge in [0.1, 0.15) is 5.82 Å². The van der Waals surface area contributed by atoms with Gasteiger partial charge in [-0.25, -0.2) is 4.39 Å². The number of nitrogens with one attached hydrogen (secondary N) is 1. The molecule has 2 rings (SSSR count). The maximum Gasteiger partial charge on any atom is 0.126 e. The summed E-state index contributed by atoms with van der Waals surface area (Å²) < 4.78 is 14.8. The largest absolute Gasteiger partial charge is 0.312 e. The van der Waals surface area contributed by atoms with Crippen LogP contribution >= 0.6 is 27.7 Å². The van der Waals surface area contributed by atoms with Crippen molar-refractivity contribution in [3.63, 3.8) is 0 Å². The maximum atomic E-state index is 13.7. The molecule has 1 atom stereocenters. The van der Waals surface area contributed by atoms with Crippen molar-refractivity contribution >= 4 is 27.7 Å². The molecule has 0 aliphatic rings. The van der Waals surface area contributed by atoms with E-state index in [1.807, 2.05) is 37.4 Å². The first kappa shape index (κ1) is 15.5. The Morgan fingerprint density at radius 3 is 2.65 bits per heavy atom. The normalized spacial score (nSPS) is 12.4. The molecule has 106 valence electrons. The van der Waals surface area contributed by atoms with Crippen molar-refractivity contribution in [3.8, 4) is 0 Å². The van der Waals surface area contributed by atoms with Gasteiger partial charge in [-0.15, -0.1) is 11.8 Å². The van der Waals surface area contributed by atoms with E-state index in [9.17, 15) is 4.39 Å². The minimum Gasteiger partial charge on any atom is -0.312 e. The number of benzene rings is 2. The molecular weight excluding hydrogens is 337 g/mol. The SMILES string of the molecule is CNC(CSc1ccccc1Br)c1ccc(C)c(F)c1. The molecule has 1 nitrogen and oxygen atoms in total. The van der Waals surface area contributed by atoms with Crippen LogP contribution in [0.3, 0.4) is 0 Å². The van der Waals surface area contributed by atoms with E-state index in [1.165, 1.54) is 4.90 Å². The zero-order valence-corrected chi connectivity index (χ0v) is 13.9. The van der Waals surface area contributed by atoms with Crippen molar-refractivity contribution in [3.05, 3.63) is 63.9 Å². The second-order valence-electron chi connectivity index (χ2n) is 4.59. The third-order valence-corrected chi connectivity index (χ3v) is 5.31. The van der Waals surface area contributed by atoms with Crippen molar-refractivity contribution in [2.24, 2.45) is 0 Å². The second kappa shape index (κ2) is 7.25. The highest BCUT2D eigenvalue weighted by Gasteiger charge is 2.12. The van der Waals surface area contributed by atoms with Crippen molar-refractivity contribution in [1.29, 1.82) is 0 Å². The molecule has 2 aromatic carbocycles. The Labute approximate surface area is 132 Å². The van der Waals surface area contributed by atoms with Crippen LogP contribution in [-0.4, -0.2) is 12.8 Å². The van der Waals surface area contributed by atoms with Gasteiger partial charge in [-0.1, -0.05) is 24.3 Å². The molecule has 2 aromatic rings. The molecule has 0 saturated heterocycles. The Morgan fingerprint density at radius 1 is 1.25 bits per heavy atom. The molecule has 0 saturated carbocycles. The van der Waals surface area contributed by atoms with Crippen molar-refractivity contribution in [2.75, 3.05) is 12.8 Å². The van der Waals surface area contributed by atoms with E-state index in [0.29, 0.717) is 5.56 Å². The predicted molar refractivity (Wildman–Crippen MR) is 87.8 cm³/mol. The van der Waals surface area contributed by atoms with E-state index >= 15 is 0 Å². The Morgan fingerprint density at radius 2 is 2.00 bits per heavy atom. The summed E-state index contributed by atoms with van der Waals surface area (Å²) in [5.41, 5.74) is 1.66. The first-order valence-electron chi connectivity index (χ1n) is 6.42. The number of hydrogen-bond acceptors (Lipinski definition) is 2. The van der Waals surface area contributed by atoms with E-state index < -0.39 is 0 Å². The summed E-state index contributed by atoms with van der Waals surface area (Å²) in [5, 5.41) is 3.25. The van der Waals surface area contributed by atoms with Gasteiger partial charge in [-0.2, -0.15) is 0 Å². The van der Waals surface area contributed by atoms with E-state index in [0.717, 1.165) is 15.8 Å². The van der Waals surface area contributed by atoms with Gasteiger partial charge >= 0.3 is 0 Å². The fourth-order valence-electron chi connectivity index (χ4n) is 1.91. The van der Waals surface area contributed by atoms with Gasteiger partial charge in [0.25, 0.3) is 0 Å². The van der Waals surface area contributed by atoms with Crippen LogP contribution in [0, 0.1) is 12.7 Å². The Hall–Kier alpha value is -0.840. The first-order chi connectivity index (χ1) is 9.61. The van der Waals surface area contributed by atoms with Crippen molar-refractivity contribution in [1.82, 2.24) is 5.32 Å². The van der Waals surface area contributed by atoms with Crippen LogP contribution < -0.4 is 5.32 Å². The molecule has 4 heteroatoms. The van der Waals surface area contributed by atoms with Gasteiger partial charge < -0.3 is 5.32 Å². The highest BCUT2D eigenvalue weighted by Crippen LogP contribution is 2.30. The van der Waals surface area contributed by atoms with Gasteiger partial charge in [0.05, 0.1) is 0 Å².